The van der Waals surface area contributed by atoms with E-state index in [1.165, 1.54) is 4.88 Å². The fourth-order valence-electron chi connectivity index (χ4n) is 2.68. The summed E-state index contributed by atoms with van der Waals surface area (Å²) in [6.45, 7) is 8.47. The lowest BCUT2D eigenvalue weighted by Crippen LogP contribution is -2.45. The number of aryl methyl sites for hydroxylation is 1. The molecule has 0 saturated carbocycles. The van der Waals surface area contributed by atoms with E-state index in [1.807, 2.05) is 6.07 Å². The Kier molecular flexibility index (Phi) is 7.36. The molecule has 0 bridgehead atoms. The molecule has 2 heterocycles. The maximum Gasteiger partial charge on any atom is 0.305 e. The van der Waals surface area contributed by atoms with Crippen LogP contribution in [0.15, 0.2) is 17.5 Å². The van der Waals surface area contributed by atoms with Gasteiger partial charge in [-0.15, -0.1) is 11.3 Å². The molecular weight excluding hydrogens is 298 g/mol. The summed E-state index contributed by atoms with van der Waals surface area (Å²) in [6.07, 6.45) is 2.31. The fourth-order valence-corrected chi connectivity index (χ4v) is 3.43. The van der Waals surface area contributed by atoms with Crippen LogP contribution in [0.3, 0.4) is 0 Å². The average molecular weight is 325 g/mol. The number of ether oxygens (including phenoxy) is 2. The number of carbonyl (C=O) groups excluding carboxylic acids is 1. The Morgan fingerprint density at radius 2 is 2.41 bits per heavy atom. The molecule has 1 aliphatic heterocycles. The molecule has 4 nitrogen and oxygen atoms in total. The maximum atomic E-state index is 11.8. The van der Waals surface area contributed by atoms with E-state index in [1.54, 1.807) is 11.3 Å². The second kappa shape index (κ2) is 9.28. The van der Waals surface area contributed by atoms with E-state index in [9.17, 15) is 4.79 Å². The van der Waals surface area contributed by atoms with Crippen LogP contribution >= 0.6 is 11.3 Å². The van der Waals surface area contributed by atoms with Crippen molar-refractivity contribution in [2.24, 2.45) is 5.92 Å². The van der Waals surface area contributed by atoms with E-state index in [-0.39, 0.29) is 12.1 Å². The first-order chi connectivity index (χ1) is 10.6. The summed E-state index contributed by atoms with van der Waals surface area (Å²) in [6, 6.07) is 4.15. The molecule has 1 fully saturated rings. The predicted octanol–water partition coefficient (Wildman–Crippen LogP) is 2.97. The lowest BCUT2D eigenvalue weighted by atomic mass is 10.2. The van der Waals surface area contributed by atoms with Crippen LogP contribution in [0, 0.1) is 5.92 Å². The summed E-state index contributed by atoms with van der Waals surface area (Å²) in [7, 11) is 0. The number of carbonyl (C=O) groups is 1. The van der Waals surface area contributed by atoms with Crippen LogP contribution in [0.1, 0.15) is 31.6 Å². The summed E-state index contributed by atoms with van der Waals surface area (Å²) in [4.78, 5) is 15.5. The van der Waals surface area contributed by atoms with Crippen molar-refractivity contribution >= 4 is 17.3 Å². The van der Waals surface area contributed by atoms with Crippen LogP contribution < -0.4 is 0 Å². The highest BCUT2D eigenvalue weighted by atomic mass is 32.1. The number of esters is 1. The third-order valence-electron chi connectivity index (χ3n) is 3.66. The largest absolute Gasteiger partial charge is 0.463 e. The molecule has 1 aromatic rings. The minimum atomic E-state index is -0.110. The van der Waals surface area contributed by atoms with Crippen LogP contribution in [-0.4, -0.2) is 49.8 Å². The van der Waals surface area contributed by atoms with Gasteiger partial charge in [-0.3, -0.25) is 9.69 Å². The summed E-state index contributed by atoms with van der Waals surface area (Å²) in [5.74, 6) is 0.541. The Balaban J connectivity index is 1.59. The van der Waals surface area contributed by atoms with Gasteiger partial charge in [-0.05, 0) is 30.2 Å². The monoisotopic (exact) mass is 325 g/mol. The highest BCUT2D eigenvalue weighted by molar-refractivity contribution is 7.09. The lowest BCUT2D eigenvalue weighted by Gasteiger charge is -2.33. The molecule has 0 amide bonds. The molecule has 2 rings (SSSR count). The highest BCUT2D eigenvalue weighted by Crippen LogP contribution is 2.13. The van der Waals surface area contributed by atoms with Crippen molar-refractivity contribution in [3.63, 3.8) is 0 Å². The van der Waals surface area contributed by atoms with Crippen molar-refractivity contribution in [1.29, 1.82) is 0 Å². The first-order valence-electron chi connectivity index (χ1n) is 8.15. The van der Waals surface area contributed by atoms with E-state index < -0.39 is 0 Å². The molecule has 0 aliphatic carbocycles. The van der Waals surface area contributed by atoms with E-state index in [4.69, 9.17) is 9.47 Å². The Morgan fingerprint density at radius 1 is 1.55 bits per heavy atom. The highest BCUT2D eigenvalue weighted by Gasteiger charge is 2.22. The van der Waals surface area contributed by atoms with Crippen LogP contribution in [-0.2, 0) is 20.7 Å². The van der Waals surface area contributed by atoms with Gasteiger partial charge in [-0.25, -0.2) is 0 Å². The molecule has 0 aromatic carbocycles. The van der Waals surface area contributed by atoms with Crippen molar-refractivity contribution in [2.45, 2.75) is 39.2 Å². The molecule has 1 saturated heterocycles. The molecule has 1 aromatic heterocycles. The van der Waals surface area contributed by atoms with Crippen molar-refractivity contribution in [1.82, 2.24) is 4.90 Å². The Labute approximate surface area is 137 Å². The van der Waals surface area contributed by atoms with Gasteiger partial charge in [-0.1, -0.05) is 19.9 Å². The van der Waals surface area contributed by atoms with Gasteiger partial charge in [0, 0.05) is 30.9 Å². The number of rotatable bonds is 8. The maximum absolute atomic E-state index is 11.8. The minimum absolute atomic E-state index is 0.0220. The SMILES string of the molecule is CC(C)CN1CCOC(COC(=O)CCCc2cccs2)C1. The van der Waals surface area contributed by atoms with Gasteiger partial charge >= 0.3 is 5.97 Å². The Morgan fingerprint density at radius 3 is 3.14 bits per heavy atom. The molecule has 0 spiro atoms. The second-order valence-electron chi connectivity index (χ2n) is 6.26. The summed E-state index contributed by atoms with van der Waals surface area (Å²) in [5.41, 5.74) is 0. The van der Waals surface area contributed by atoms with Crippen molar-refractivity contribution < 1.29 is 14.3 Å². The first kappa shape index (κ1) is 17.4. The van der Waals surface area contributed by atoms with Gasteiger partial charge in [0.2, 0.25) is 0 Å². The Hall–Kier alpha value is -0.910. The minimum Gasteiger partial charge on any atom is -0.463 e. The lowest BCUT2D eigenvalue weighted by molar-refractivity contribution is -0.150. The zero-order valence-electron chi connectivity index (χ0n) is 13.6. The fraction of sp³-hybridized carbons (Fsp3) is 0.706. The summed E-state index contributed by atoms with van der Waals surface area (Å²) < 4.78 is 11.1. The van der Waals surface area contributed by atoms with Gasteiger partial charge in [0.05, 0.1) is 6.61 Å². The van der Waals surface area contributed by atoms with Crippen molar-refractivity contribution in [3.05, 3.63) is 22.4 Å². The van der Waals surface area contributed by atoms with Crippen LogP contribution in [0.2, 0.25) is 0 Å². The quantitative estimate of drug-likeness (QED) is 0.689. The summed E-state index contributed by atoms with van der Waals surface area (Å²) >= 11 is 1.74. The summed E-state index contributed by atoms with van der Waals surface area (Å²) in [5, 5.41) is 2.07. The number of hydrogen-bond donors (Lipinski definition) is 0. The molecule has 124 valence electrons. The van der Waals surface area contributed by atoms with E-state index in [0.29, 0.717) is 18.9 Å². The van der Waals surface area contributed by atoms with Crippen LogP contribution in [0.25, 0.3) is 0 Å². The van der Waals surface area contributed by atoms with Gasteiger partial charge < -0.3 is 9.47 Å². The second-order valence-corrected chi connectivity index (χ2v) is 7.29. The molecule has 22 heavy (non-hydrogen) atoms. The molecular formula is C17H27NO3S. The number of hydrogen-bond acceptors (Lipinski definition) is 5. The predicted molar refractivity (Wildman–Crippen MR) is 89.2 cm³/mol. The third kappa shape index (κ3) is 6.46. The molecule has 5 heteroatoms. The van der Waals surface area contributed by atoms with Crippen molar-refractivity contribution in [3.8, 4) is 0 Å². The number of nitrogens with zero attached hydrogens (tertiary/aromatic N) is 1. The smallest absolute Gasteiger partial charge is 0.305 e. The third-order valence-corrected chi connectivity index (χ3v) is 4.60. The topological polar surface area (TPSA) is 38.8 Å². The molecule has 1 unspecified atom stereocenters. The van der Waals surface area contributed by atoms with Crippen molar-refractivity contribution in [2.75, 3.05) is 32.8 Å². The van der Waals surface area contributed by atoms with Crippen LogP contribution in [0.4, 0.5) is 0 Å². The average Bonchev–Trinajstić information content (AvgIpc) is 2.98. The zero-order chi connectivity index (χ0) is 15.8. The van der Waals surface area contributed by atoms with Crippen LogP contribution in [0.5, 0.6) is 0 Å². The van der Waals surface area contributed by atoms with E-state index in [2.05, 4.69) is 30.2 Å². The van der Waals surface area contributed by atoms with E-state index >= 15 is 0 Å². The molecule has 1 atom stereocenters. The molecule has 0 radical (unpaired) electrons. The normalized spacial score (nSPS) is 19.5. The number of thiophene rings is 1. The van der Waals surface area contributed by atoms with Gasteiger partial charge in [0.15, 0.2) is 0 Å². The van der Waals surface area contributed by atoms with Gasteiger partial charge in [-0.2, -0.15) is 0 Å². The molecule has 1 aliphatic rings. The van der Waals surface area contributed by atoms with Gasteiger partial charge in [0.25, 0.3) is 0 Å². The van der Waals surface area contributed by atoms with E-state index in [0.717, 1.165) is 39.1 Å². The Bertz CT molecular complexity index is 433. The number of morpholine rings is 1. The molecule has 0 N–H and O–H groups in total. The standard InChI is InChI=1S/C17H27NO3S/c1-14(2)11-18-8-9-20-15(12-18)13-21-17(19)7-3-5-16-6-4-10-22-16/h4,6,10,14-15H,3,5,7-9,11-13H2,1-2H3. The van der Waals surface area contributed by atoms with Gasteiger partial charge in [0.1, 0.15) is 12.7 Å². The first-order valence-corrected chi connectivity index (χ1v) is 9.03. The zero-order valence-corrected chi connectivity index (χ0v) is 14.4.